The molecule has 0 aromatic carbocycles. The number of aliphatic hydroxyl groups is 1. The first-order chi connectivity index (χ1) is 12.5. The Morgan fingerprint density at radius 2 is 2.15 bits per heavy atom. The van der Waals surface area contributed by atoms with Crippen LogP contribution in [0.5, 0.6) is 0 Å². The summed E-state index contributed by atoms with van der Waals surface area (Å²) >= 11 is 0. The number of nitrogen functional groups attached to an aromatic ring is 1. The van der Waals surface area contributed by atoms with Crippen LogP contribution in [0, 0.1) is 6.92 Å². The lowest BCUT2D eigenvalue weighted by Crippen LogP contribution is -2.50. The third kappa shape index (κ3) is 2.91. The fourth-order valence-electron chi connectivity index (χ4n) is 3.61. The molecule has 0 amide bonds. The van der Waals surface area contributed by atoms with E-state index in [9.17, 15) is 5.11 Å². The van der Waals surface area contributed by atoms with Gasteiger partial charge in [0.05, 0.1) is 23.7 Å². The number of fused-ring (bicyclic) bond motifs is 1. The molecular formula is C18H23N7O. The van der Waals surface area contributed by atoms with Crippen LogP contribution in [0.25, 0.3) is 11.2 Å². The molecule has 8 nitrogen and oxygen atoms in total. The van der Waals surface area contributed by atoms with Gasteiger partial charge >= 0.3 is 0 Å². The molecule has 0 unspecified atom stereocenters. The highest BCUT2D eigenvalue weighted by Crippen LogP contribution is 2.34. The molecule has 3 N–H and O–H groups in total. The third-order valence-electron chi connectivity index (χ3n) is 5.30. The second-order valence-corrected chi connectivity index (χ2v) is 7.21. The van der Waals surface area contributed by atoms with Crippen molar-refractivity contribution >= 4 is 17.0 Å². The molecule has 4 heterocycles. The van der Waals surface area contributed by atoms with Gasteiger partial charge in [-0.1, -0.05) is 6.07 Å². The predicted octanol–water partition coefficient (Wildman–Crippen LogP) is 1.31. The van der Waals surface area contributed by atoms with Crippen LogP contribution in [0.4, 0.5) is 5.82 Å². The smallest absolute Gasteiger partial charge is 0.165 e. The van der Waals surface area contributed by atoms with Gasteiger partial charge in [-0.25, -0.2) is 15.0 Å². The highest BCUT2D eigenvalue weighted by Gasteiger charge is 2.39. The predicted molar refractivity (Wildman–Crippen MR) is 98.3 cm³/mol. The average Bonchev–Trinajstić information content (AvgIpc) is 3.03. The first-order valence-corrected chi connectivity index (χ1v) is 8.74. The Kier molecular flexibility index (Phi) is 4.08. The zero-order valence-electron chi connectivity index (χ0n) is 15.0. The van der Waals surface area contributed by atoms with Crippen molar-refractivity contribution in [1.82, 2.24) is 29.4 Å². The topological polar surface area (TPSA) is 106 Å². The lowest BCUT2D eigenvalue weighted by atomic mass is 9.88. The number of pyridine rings is 1. The second kappa shape index (κ2) is 6.30. The van der Waals surface area contributed by atoms with Crippen molar-refractivity contribution in [3.05, 3.63) is 42.2 Å². The molecule has 26 heavy (non-hydrogen) atoms. The van der Waals surface area contributed by atoms with Crippen molar-refractivity contribution in [3.8, 4) is 0 Å². The molecule has 1 aliphatic rings. The summed E-state index contributed by atoms with van der Waals surface area (Å²) < 4.78 is 1.92. The molecule has 4 rings (SSSR count). The largest absolute Gasteiger partial charge is 0.388 e. The minimum absolute atomic E-state index is 0.181. The fourth-order valence-corrected chi connectivity index (χ4v) is 3.61. The number of anilines is 1. The van der Waals surface area contributed by atoms with Crippen LogP contribution in [0.3, 0.4) is 0 Å². The molecule has 3 aromatic heterocycles. The van der Waals surface area contributed by atoms with E-state index in [1.807, 2.05) is 23.8 Å². The second-order valence-electron chi connectivity index (χ2n) is 7.21. The lowest BCUT2D eigenvalue weighted by Gasteiger charge is -2.43. The van der Waals surface area contributed by atoms with Crippen LogP contribution < -0.4 is 5.73 Å². The zero-order chi connectivity index (χ0) is 18.3. The Bertz CT molecular complexity index is 936. The van der Waals surface area contributed by atoms with Crippen molar-refractivity contribution in [2.75, 3.05) is 18.8 Å². The Balaban J connectivity index is 1.65. The summed E-state index contributed by atoms with van der Waals surface area (Å²) in [5.74, 6) is 0.352. The van der Waals surface area contributed by atoms with Gasteiger partial charge in [0.25, 0.3) is 0 Å². The quantitative estimate of drug-likeness (QED) is 0.731. The van der Waals surface area contributed by atoms with Crippen molar-refractivity contribution in [1.29, 1.82) is 0 Å². The zero-order valence-corrected chi connectivity index (χ0v) is 15.0. The third-order valence-corrected chi connectivity index (χ3v) is 5.30. The van der Waals surface area contributed by atoms with E-state index >= 15 is 0 Å². The van der Waals surface area contributed by atoms with E-state index in [0.717, 1.165) is 18.8 Å². The lowest BCUT2D eigenvalue weighted by molar-refractivity contribution is -0.0518. The molecule has 3 aromatic rings. The number of imidazole rings is 1. The van der Waals surface area contributed by atoms with E-state index in [-0.39, 0.29) is 6.04 Å². The standard InChI is InChI=1S/C18H23N7O/c1-12-4-3-6-20-13(12)8-24-7-5-18(2,26)14(9-24)25-11-23-15-16(19)21-10-22-17(15)25/h3-4,6,10-11,14,26H,5,7-9H2,1-2H3,(H2,19,21,22)/t14-,18-/m1/s1. The Morgan fingerprint density at radius 1 is 1.31 bits per heavy atom. The maximum absolute atomic E-state index is 11.0. The molecule has 136 valence electrons. The SMILES string of the molecule is Cc1cccnc1CN1CC[C@@](C)(O)[C@H](n2cnc3c(N)ncnc32)C1. The molecule has 0 radical (unpaired) electrons. The summed E-state index contributed by atoms with van der Waals surface area (Å²) in [5.41, 5.74) is 8.51. The van der Waals surface area contributed by atoms with Gasteiger partial charge in [-0.2, -0.15) is 0 Å². The number of hydrogen-bond acceptors (Lipinski definition) is 7. The molecule has 1 fully saturated rings. The van der Waals surface area contributed by atoms with E-state index in [1.54, 1.807) is 6.33 Å². The van der Waals surface area contributed by atoms with Crippen LogP contribution in [-0.4, -0.2) is 53.2 Å². The van der Waals surface area contributed by atoms with Crippen LogP contribution in [-0.2, 0) is 6.54 Å². The Labute approximate surface area is 151 Å². The molecule has 0 aliphatic carbocycles. The number of aromatic nitrogens is 5. The van der Waals surface area contributed by atoms with Crippen LogP contribution in [0.15, 0.2) is 31.0 Å². The number of rotatable bonds is 3. The Hall–Kier alpha value is -2.58. The Morgan fingerprint density at radius 3 is 2.96 bits per heavy atom. The van der Waals surface area contributed by atoms with Gasteiger partial charge in [-0.3, -0.25) is 9.88 Å². The summed E-state index contributed by atoms with van der Waals surface area (Å²) in [5, 5.41) is 11.0. The molecule has 1 aliphatic heterocycles. The first kappa shape index (κ1) is 16.9. The van der Waals surface area contributed by atoms with E-state index in [0.29, 0.717) is 29.9 Å². The number of aryl methyl sites for hydroxylation is 1. The fraction of sp³-hybridized carbons (Fsp3) is 0.444. The summed E-state index contributed by atoms with van der Waals surface area (Å²) in [6.45, 7) is 6.19. The summed E-state index contributed by atoms with van der Waals surface area (Å²) in [6.07, 6.45) is 5.61. The van der Waals surface area contributed by atoms with E-state index < -0.39 is 5.60 Å². The van der Waals surface area contributed by atoms with Gasteiger partial charge in [-0.05, 0) is 31.9 Å². The van der Waals surface area contributed by atoms with Crippen LogP contribution in [0.2, 0.25) is 0 Å². The molecule has 1 saturated heterocycles. The van der Waals surface area contributed by atoms with E-state index in [4.69, 9.17) is 5.73 Å². The average molecular weight is 353 g/mol. The van der Waals surface area contributed by atoms with Crippen molar-refractivity contribution in [2.24, 2.45) is 0 Å². The number of likely N-dealkylation sites (tertiary alicyclic amines) is 1. The summed E-state index contributed by atoms with van der Waals surface area (Å²) in [6, 6.07) is 3.84. The minimum atomic E-state index is -0.858. The molecular weight excluding hydrogens is 330 g/mol. The number of hydrogen-bond donors (Lipinski definition) is 2. The summed E-state index contributed by atoms with van der Waals surface area (Å²) in [7, 11) is 0. The normalized spacial score (nSPS) is 24.2. The maximum atomic E-state index is 11.0. The monoisotopic (exact) mass is 353 g/mol. The van der Waals surface area contributed by atoms with Crippen molar-refractivity contribution in [3.63, 3.8) is 0 Å². The summed E-state index contributed by atoms with van der Waals surface area (Å²) in [4.78, 5) is 19.5. The molecule has 0 saturated carbocycles. The first-order valence-electron chi connectivity index (χ1n) is 8.74. The molecule has 0 spiro atoms. The van der Waals surface area contributed by atoms with Gasteiger partial charge < -0.3 is 15.4 Å². The van der Waals surface area contributed by atoms with Gasteiger partial charge in [0.2, 0.25) is 0 Å². The van der Waals surface area contributed by atoms with Gasteiger partial charge in [0, 0.05) is 25.8 Å². The van der Waals surface area contributed by atoms with E-state index in [2.05, 4.69) is 37.8 Å². The highest BCUT2D eigenvalue weighted by molar-refractivity contribution is 5.81. The van der Waals surface area contributed by atoms with Gasteiger partial charge in [0.1, 0.15) is 11.8 Å². The van der Waals surface area contributed by atoms with Crippen LogP contribution in [0.1, 0.15) is 30.6 Å². The van der Waals surface area contributed by atoms with Gasteiger partial charge in [-0.15, -0.1) is 0 Å². The number of nitrogens with two attached hydrogens (primary N) is 1. The molecule has 0 bridgehead atoms. The number of nitrogens with zero attached hydrogens (tertiary/aromatic N) is 6. The molecule has 2 atom stereocenters. The van der Waals surface area contributed by atoms with Crippen LogP contribution >= 0.6 is 0 Å². The van der Waals surface area contributed by atoms with E-state index in [1.165, 1.54) is 11.9 Å². The highest BCUT2D eigenvalue weighted by atomic mass is 16.3. The molecule has 8 heteroatoms. The number of piperidine rings is 1. The minimum Gasteiger partial charge on any atom is -0.388 e. The van der Waals surface area contributed by atoms with Crippen molar-refractivity contribution < 1.29 is 5.11 Å². The van der Waals surface area contributed by atoms with Crippen molar-refractivity contribution in [2.45, 2.75) is 38.5 Å². The van der Waals surface area contributed by atoms with Gasteiger partial charge in [0.15, 0.2) is 11.5 Å². The maximum Gasteiger partial charge on any atom is 0.165 e.